The van der Waals surface area contributed by atoms with E-state index in [1.165, 1.54) is 0 Å². The van der Waals surface area contributed by atoms with Gasteiger partial charge in [0.25, 0.3) is 0 Å². The van der Waals surface area contributed by atoms with Gasteiger partial charge in [0.15, 0.2) is 0 Å². The standard InChI is InChI=1S/C10H13NO2.C2HF3O2/c1-11-6-5-8-3-2-4-9(7-8)10(12)13;3-2(4,5)1(6)7/h2-4,7,11H,5-6H2,1H3,(H,12,13);(H,6,7). The number of aromatic carboxylic acids is 1. The first-order valence-corrected chi connectivity index (χ1v) is 5.45. The average Bonchev–Trinajstić information content (AvgIpc) is 2.36. The van der Waals surface area contributed by atoms with Crippen molar-refractivity contribution in [2.24, 2.45) is 0 Å². The highest BCUT2D eigenvalue weighted by Crippen LogP contribution is 2.13. The molecule has 0 bridgehead atoms. The molecule has 1 aromatic rings. The fraction of sp³-hybridized carbons (Fsp3) is 0.333. The third-order valence-electron chi connectivity index (χ3n) is 2.08. The lowest BCUT2D eigenvalue weighted by molar-refractivity contribution is -0.192. The van der Waals surface area contributed by atoms with Crippen molar-refractivity contribution in [2.45, 2.75) is 12.6 Å². The van der Waals surface area contributed by atoms with Crippen LogP contribution in [0.15, 0.2) is 24.3 Å². The number of likely N-dealkylation sites (N-methyl/N-ethyl adjacent to an activating group) is 1. The minimum atomic E-state index is -5.08. The molecule has 0 radical (unpaired) electrons. The van der Waals surface area contributed by atoms with Crippen molar-refractivity contribution in [1.82, 2.24) is 5.32 Å². The molecule has 5 nitrogen and oxygen atoms in total. The highest BCUT2D eigenvalue weighted by atomic mass is 19.4. The molecule has 3 N–H and O–H groups in total. The van der Waals surface area contributed by atoms with Crippen LogP contribution in [0.2, 0.25) is 0 Å². The summed E-state index contributed by atoms with van der Waals surface area (Å²) in [7, 11) is 1.88. The van der Waals surface area contributed by atoms with Gasteiger partial charge in [0.05, 0.1) is 5.56 Å². The minimum absolute atomic E-state index is 0.355. The molecule has 0 aliphatic heterocycles. The van der Waals surface area contributed by atoms with Crippen LogP contribution >= 0.6 is 0 Å². The number of rotatable bonds is 4. The summed E-state index contributed by atoms with van der Waals surface area (Å²) >= 11 is 0. The second-order valence-corrected chi connectivity index (χ2v) is 3.66. The largest absolute Gasteiger partial charge is 0.490 e. The molecule has 1 aromatic carbocycles. The van der Waals surface area contributed by atoms with Crippen molar-refractivity contribution < 1.29 is 33.0 Å². The van der Waals surface area contributed by atoms with E-state index < -0.39 is 18.1 Å². The van der Waals surface area contributed by atoms with E-state index in [0.29, 0.717) is 5.56 Å². The number of hydrogen-bond acceptors (Lipinski definition) is 3. The normalized spacial score (nSPS) is 10.4. The predicted octanol–water partition coefficient (Wildman–Crippen LogP) is 1.78. The average molecular weight is 293 g/mol. The van der Waals surface area contributed by atoms with Crippen LogP contribution in [0.3, 0.4) is 0 Å². The van der Waals surface area contributed by atoms with Crippen LogP contribution in [0, 0.1) is 0 Å². The van der Waals surface area contributed by atoms with E-state index in [2.05, 4.69) is 5.32 Å². The maximum atomic E-state index is 10.6. The monoisotopic (exact) mass is 293 g/mol. The summed E-state index contributed by atoms with van der Waals surface area (Å²) in [6, 6.07) is 7.02. The molecule has 0 spiro atoms. The molecule has 0 unspecified atom stereocenters. The summed E-state index contributed by atoms with van der Waals surface area (Å²) in [4.78, 5) is 19.5. The van der Waals surface area contributed by atoms with Crippen molar-refractivity contribution >= 4 is 11.9 Å². The third kappa shape index (κ3) is 7.37. The molecule has 0 fully saturated rings. The van der Waals surface area contributed by atoms with E-state index in [1.807, 2.05) is 13.1 Å². The molecule has 8 heteroatoms. The quantitative estimate of drug-likeness (QED) is 0.787. The molecule has 0 atom stereocenters. The van der Waals surface area contributed by atoms with Crippen molar-refractivity contribution in [1.29, 1.82) is 0 Å². The molecule has 0 aromatic heterocycles. The van der Waals surface area contributed by atoms with Gasteiger partial charge in [-0.05, 0) is 37.7 Å². The van der Waals surface area contributed by atoms with Gasteiger partial charge in [0.2, 0.25) is 0 Å². The number of carboxylic acids is 2. The summed E-state index contributed by atoms with van der Waals surface area (Å²) in [5.74, 6) is -3.63. The van der Waals surface area contributed by atoms with Crippen LogP contribution in [0.1, 0.15) is 15.9 Å². The Labute approximate surface area is 113 Å². The lowest BCUT2D eigenvalue weighted by atomic mass is 10.1. The molecule has 0 aliphatic carbocycles. The first-order chi connectivity index (χ1) is 9.18. The van der Waals surface area contributed by atoms with Crippen LogP contribution in [0.5, 0.6) is 0 Å². The Morgan fingerprint density at radius 3 is 2.20 bits per heavy atom. The fourth-order valence-electron chi connectivity index (χ4n) is 1.13. The highest BCUT2D eigenvalue weighted by molar-refractivity contribution is 5.87. The Morgan fingerprint density at radius 2 is 1.80 bits per heavy atom. The number of carboxylic acid groups (broad SMARTS) is 2. The first kappa shape index (κ1) is 17.9. The van der Waals surface area contributed by atoms with Crippen molar-refractivity contribution in [3.63, 3.8) is 0 Å². The van der Waals surface area contributed by atoms with E-state index in [9.17, 15) is 18.0 Å². The van der Waals surface area contributed by atoms with E-state index >= 15 is 0 Å². The van der Waals surface area contributed by atoms with Gasteiger partial charge in [-0.2, -0.15) is 13.2 Å². The van der Waals surface area contributed by atoms with Crippen LogP contribution in [-0.4, -0.2) is 41.9 Å². The molecule has 20 heavy (non-hydrogen) atoms. The van der Waals surface area contributed by atoms with Gasteiger partial charge in [-0.15, -0.1) is 0 Å². The zero-order chi connectivity index (χ0) is 15.8. The van der Waals surface area contributed by atoms with Crippen LogP contribution in [0.25, 0.3) is 0 Å². The molecular formula is C12H14F3NO4. The molecule has 0 heterocycles. The third-order valence-corrected chi connectivity index (χ3v) is 2.08. The molecular weight excluding hydrogens is 279 g/mol. The van der Waals surface area contributed by atoms with Crippen LogP contribution in [0.4, 0.5) is 13.2 Å². The highest BCUT2D eigenvalue weighted by Gasteiger charge is 2.38. The SMILES string of the molecule is CNCCc1cccc(C(=O)O)c1.O=C(O)C(F)(F)F. The number of hydrogen-bond donors (Lipinski definition) is 3. The molecule has 112 valence electrons. The summed E-state index contributed by atoms with van der Waals surface area (Å²) in [5, 5.41) is 18.9. The second-order valence-electron chi connectivity index (χ2n) is 3.66. The van der Waals surface area contributed by atoms with E-state index in [1.54, 1.807) is 18.2 Å². The van der Waals surface area contributed by atoms with E-state index in [0.717, 1.165) is 18.5 Å². The molecule has 1 rings (SSSR count). The summed E-state index contributed by atoms with van der Waals surface area (Å²) in [6.07, 6.45) is -4.22. The van der Waals surface area contributed by atoms with Gasteiger partial charge in [0, 0.05) is 0 Å². The van der Waals surface area contributed by atoms with Gasteiger partial charge in [0.1, 0.15) is 0 Å². The first-order valence-electron chi connectivity index (χ1n) is 5.45. The van der Waals surface area contributed by atoms with Crippen molar-refractivity contribution in [2.75, 3.05) is 13.6 Å². The number of halogens is 3. The van der Waals surface area contributed by atoms with Gasteiger partial charge >= 0.3 is 18.1 Å². The minimum Gasteiger partial charge on any atom is -0.478 e. The maximum absolute atomic E-state index is 10.6. The number of alkyl halides is 3. The predicted molar refractivity (Wildman–Crippen MR) is 64.7 cm³/mol. The summed E-state index contributed by atoms with van der Waals surface area (Å²) < 4.78 is 31.7. The lowest BCUT2D eigenvalue weighted by Crippen LogP contribution is -2.21. The van der Waals surface area contributed by atoms with Gasteiger partial charge in [-0.1, -0.05) is 12.1 Å². The Bertz CT molecular complexity index is 460. The van der Waals surface area contributed by atoms with Gasteiger partial charge in [-0.25, -0.2) is 9.59 Å². The molecule has 0 saturated carbocycles. The molecule has 0 aliphatic rings. The molecule has 0 amide bonds. The van der Waals surface area contributed by atoms with Gasteiger partial charge < -0.3 is 15.5 Å². The number of carbonyl (C=O) groups is 2. The Morgan fingerprint density at radius 1 is 1.25 bits per heavy atom. The number of nitrogens with one attached hydrogen (secondary N) is 1. The Kier molecular flexibility index (Phi) is 7.30. The Balaban J connectivity index is 0.000000441. The topological polar surface area (TPSA) is 86.6 Å². The zero-order valence-electron chi connectivity index (χ0n) is 10.6. The van der Waals surface area contributed by atoms with Crippen molar-refractivity contribution in [3.05, 3.63) is 35.4 Å². The lowest BCUT2D eigenvalue weighted by Gasteiger charge is -2.01. The fourth-order valence-corrected chi connectivity index (χ4v) is 1.13. The van der Waals surface area contributed by atoms with E-state index in [4.69, 9.17) is 15.0 Å². The zero-order valence-corrected chi connectivity index (χ0v) is 10.6. The summed E-state index contributed by atoms with van der Waals surface area (Å²) in [6.45, 7) is 0.864. The van der Waals surface area contributed by atoms with Crippen molar-refractivity contribution in [3.8, 4) is 0 Å². The Hall–Kier alpha value is -2.09. The second kappa shape index (κ2) is 8.16. The smallest absolute Gasteiger partial charge is 0.478 e. The summed E-state index contributed by atoms with van der Waals surface area (Å²) in [5.41, 5.74) is 1.41. The van der Waals surface area contributed by atoms with E-state index in [-0.39, 0.29) is 0 Å². The van der Waals surface area contributed by atoms with Gasteiger partial charge in [-0.3, -0.25) is 0 Å². The number of aliphatic carboxylic acids is 1. The molecule has 0 saturated heterocycles. The maximum Gasteiger partial charge on any atom is 0.490 e. The van der Waals surface area contributed by atoms with Crippen LogP contribution < -0.4 is 5.32 Å². The van der Waals surface area contributed by atoms with Crippen LogP contribution in [-0.2, 0) is 11.2 Å². The number of benzene rings is 1.